The maximum absolute atomic E-state index is 13.6. The van der Waals surface area contributed by atoms with E-state index in [1.54, 1.807) is 40.3 Å². The number of nitrogens with zero attached hydrogens (tertiary/aromatic N) is 5. The van der Waals surface area contributed by atoms with E-state index in [2.05, 4.69) is 11.1 Å². The predicted octanol–water partition coefficient (Wildman–Crippen LogP) is 5.34. The van der Waals surface area contributed by atoms with Crippen LogP contribution in [0.1, 0.15) is 29.8 Å². The second kappa shape index (κ2) is 7.54. The lowest BCUT2D eigenvalue weighted by molar-refractivity contribution is 0.179. The SMILES string of the molecule is CC(c1ccc2ccccc2n1)N1Cc2cccnc2N(c2ccc(C#N)cc2)C1=O. The van der Waals surface area contributed by atoms with Crippen molar-refractivity contribution in [3.63, 3.8) is 0 Å². The number of amides is 2. The molecule has 31 heavy (non-hydrogen) atoms. The number of nitriles is 1. The molecule has 0 saturated heterocycles. The van der Waals surface area contributed by atoms with Crippen LogP contribution in [0.3, 0.4) is 0 Å². The lowest BCUT2D eigenvalue weighted by Crippen LogP contribution is -2.46. The van der Waals surface area contributed by atoms with Gasteiger partial charge in [0.15, 0.2) is 0 Å². The summed E-state index contributed by atoms with van der Waals surface area (Å²) in [5, 5.41) is 10.2. The van der Waals surface area contributed by atoms with Crippen molar-refractivity contribution in [1.29, 1.82) is 5.26 Å². The molecular formula is C25H19N5O. The van der Waals surface area contributed by atoms with Gasteiger partial charge in [-0.3, -0.25) is 4.98 Å². The Morgan fingerprint density at radius 2 is 1.81 bits per heavy atom. The molecule has 6 heteroatoms. The summed E-state index contributed by atoms with van der Waals surface area (Å²) in [7, 11) is 0. The molecule has 0 fully saturated rings. The van der Waals surface area contributed by atoms with Crippen LogP contribution in [-0.4, -0.2) is 20.9 Å². The van der Waals surface area contributed by atoms with E-state index < -0.39 is 0 Å². The third-order valence-electron chi connectivity index (χ3n) is 5.63. The molecule has 0 aliphatic carbocycles. The number of pyridine rings is 2. The molecule has 0 saturated carbocycles. The van der Waals surface area contributed by atoms with Crippen molar-refractivity contribution < 1.29 is 4.79 Å². The van der Waals surface area contributed by atoms with Crippen LogP contribution < -0.4 is 4.90 Å². The molecule has 1 aliphatic rings. The van der Waals surface area contributed by atoms with Gasteiger partial charge in [0, 0.05) is 17.1 Å². The maximum Gasteiger partial charge on any atom is 0.331 e. The molecule has 2 aromatic heterocycles. The molecule has 0 radical (unpaired) electrons. The van der Waals surface area contributed by atoms with Crippen molar-refractivity contribution in [3.8, 4) is 6.07 Å². The number of hydrogen-bond donors (Lipinski definition) is 0. The third kappa shape index (κ3) is 3.26. The number of carbonyl (C=O) groups excluding carboxylic acids is 1. The molecular weight excluding hydrogens is 386 g/mol. The fourth-order valence-corrected chi connectivity index (χ4v) is 3.92. The molecule has 3 heterocycles. The van der Waals surface area contributed by atoms with Gasteiger partial charge in [-0.1, -0.05) is 30.3 Å². The molecule has 1 aliphatic heterocycles. The summed E-state index contributed by atoms with van der Waals surface area (Å²) in [4.78, 5) is 26.3. The molecule has 2 amide bonds. The van der Waals surface area contributed by atoms with Crippen molar-refractivity contribution in [1.82, 2.24) is 14.9 Å². The Kier molecular flexibility index (Phi) is 4.57. The topological polar surface area (TPSA) is 73.1 Å². The molecule has 6 nitrogen and oxygen atoms in total. The van der Waals surface area contributed by atoms with E-state index in [1.807, 2.05) is 55.5 Å². The number of rotatable bonds is 3. The van der Waals surface area contributed by atoms with Crippen molar-refractivity contribution >= 4 is 28.4 Å². The molecule has 1 unspecified atom stereocenters. The molecule has 150 valence electrons. The highest BCUT2D eigenvalue weighted by atomic mass is 16.2. The Bertz CT molecular complexity index is 1330. The zero-order valence-electron chi connectivity index (χ0n) is 16.9. The van der Waals surface area contributed by atoms with E-state index in [-0.39, 0.29) is 12.1 Å². The lowest BCUT2D eigenvalue weighted by atomic mass is 10.1. The maximum atomic E-state index is 13.6. The van der Waals surface area contributed by atoms with Crippen molar-refractivity contribution in [3.05, 3.63) is 95.8 Å². The number of anilines is 2. The Hall–Kier alpha value is -4.24. The van der Waals surface area contributed by atoms with Gasteiger partial charge in [0.05, 0.1) is 41.1 Å². The van der Waals surface area contributed by atoms with Gasteiger partial charge in [-0.2, -0.15) is 5.26 Å². The largest absolute Gasteiger partial charge is 0.331 e. The Morgan fingerprint density at radius 1 is 1.00 bits per heavy atom. The minimum Gasteiger partial charge on any atom is -0.311 e. The van der Waals surface area contributed by atoms with E-state index in [9.17, 15) is 4.79 Å². The van der Waals surface area contributed by atoms with Gasteiger partial charge in [0.2, 0.25) is 0 Å². The highest BCUT2D eigenvalue weighted by molar-refractivity contribution is 6.01. The molecule has 0 spiro atoms. The molecule has 1 atom stereocenters. The first-order valence-electron chi connectivity index (χ1n) is 10.1. The first-order valence-corrected chi connectivity index (χ1v) is 10.1. The normalized spacial score (nSPS) is 14.3. The number of para-hydroxylation sites is 1. The molecule has 2 aromatic carbocycles. The first kappa shape index (κ1) is 18.8. The van der Waals surface area contributed by atoms with Crippen LogP contribution in [0.2, 0.25) is 0 Å². The van der Waals surface area contributed by atoms with E-state index in [1.165, 1.54) is 0 Å². The van der Waals surface area contributed by atoms with Gasteiger partial charge in [-0.25, -0.2) is 14.7 Å². The fraction of sp³-hybridized carbons (Fsp3) is 0.120. The van der Waals surface area contributed by atoms with Gasteiger partial charge >= 0.3 is 6.03 Å². The second-order valence-electron chi connectivity index (χ2n) is 7.50. The lowest BCUT2D eigenvalue weighted by Gasteiger charge is -2.39. The zero-order chi connectivity index (χ0) is 21.4. The highest BCUT2D eigenvalue weighted by Crippen LogP contribution is 2.36. The van der Waals surface area contributed by atoms with E-state index >= 15 is 0 Å². The average molecular weight is 405 g/mol. The van der Waals surface area contributed by atoms with Crippen LogP contribution >= 0.6 is 0 Å². The minimum absolute atomic E-state index is 0.168. The molecule has 0 N–H and O–H groups in total. The number of aromatic nitrogens is 2. The van der Waals surface area contributed by atoms with Crippen LogP contribution in [0.25, 0.3) is 10.9 Å². The highest BCUT2D eigenvalue weighted by Gasteiger charge is 2.35. The zero-order valence-corrected chi connectivity index (χ0v) is 16.9. The van der Waals surface area contributed by atoms with Crippen LogP contribution in [0.5, 0.6) is 0 Å². The summed E-state index contributed by atoms with van der Waals surface area (Å²) < 4.78 is 0. The van der Waals surface area contributed by atoms with E-state index in [0.717, 1.165) is 22.2 Å². The Balaban J connectivity index is 1.56. The number of fused-ring (bicyclic) bond motifs is 2. The number of carbonyl (C=O) groups is 1. The van der Waals surface area contributed by atoms with Gasteiger partial charge < -0.3 is 4.90 Å². The summed E-state index contributed by atoms with van der Waals surface area (Å²) in [5.41, 5.74) is 3.91. The van der Waals surface area contributed by atoms with Crippen LogP contribution in [0.4, 0.5) is 16.3 Å². The van der Waals surface area contributed by atoms with E-state index in [0.29, 0.717) is 23.6 Å². The Morgan fingerprint density at radius 3 is 2.61 bits per heavy atom. The Labute approximate surface area is 180 Å². The minimum atomic E-state index is -0.230. The number of benzene rings is 2. The summed E-state index contributed by atoms with van der Waals surface area (Å²) in [6, 6.07) is 24.5. The smallest absolute Gasteiger partial charge is 0.311 e. The predicted molar refractivity (Wildman–Crippen MR) is 119 cm³/mol. The van der Waals surface area contributed by atoms with Crippen LogP contribution in [0, 0.1) is 11.3 Å². The third-order valence-corrected chi connectivity index (χ3v) is 5.63. The summed E-state index contributed by atoms with van der Waals surface area (Å²) >= 11 is 0. The van der Waals surface area contributed by atoms with Gasteiger partial charge in [0.25, 0.3) is 0 Å². The second-order valence-corrected chi connectivity index (χ2v) is 7.50. The van der Waals surface area contributed by atoms with Gasteiger partial charge in [-0.15, -0.1) is 0 Å². The fourth-order valence-electron chi connectivity index (χ4n) is 3.92. The standard InChI is InChI=1S/C25H19N5O/c1-17(22-13-10-19-5-2-3-7-23(19)28-22)29-16-20-6-4-14-27-24(20)30(25(29)31)21-11-8-18(15-26)9-12-21/h2-14,17H,16H2,1H3. The number of urea groups is 1. The van der Waals surface area contributed by atoms with Crippen LogP contribution in [0.15, 0.2) is 79.0 Å². The molecule has 4 aromatic rings. The summed E-state index contributed by atoms with van der Waals surface area (Å²) in [5.74, 6) is 0.618. The summed E-state index contributed by atoms with van der Waals surface area (Å²) in [6.07, 6.45) is 1.69. The van der Waals surface area contributed by atoms with Crippen LogP contribution in [-0.2, 0) is 6.54 Å². The summed E-state index contributed by atoms with van der Waals surface area (Å²) in [6.45, 7) is 2.44. The number of hydrogen-bond acceptors (Lipinski definition) is 4. The van der Waals surface area contributed by atoms with Gasteiger partial charge in [0.1, 0.15) is 5.82 Å². The first-order chi connectivity index (χ1) is 15.2. The molecule has 0 bridgehead atoms. The molecule has 5 rings (SSSR count). The van der Waals surface area contributed by atoms with Crippen molar-refractivity contribution in [2.24, 2.45) is 0 Å². The van der Waals surface area contributed by atoms with Crippen molar-refractivity contribution in [2.75, 3.05) is 4.90 Å². The average Bonchev–Trinajstić information content (AvgIpc) is 2.83. The monoisotopic (exact) mass is 405 g/mol. The quantitative estimate of drug-likeness (QED) is 0.461. The van der Waals surface area contributed by atoms with Crippen molar-refractivity contribution in [2.45, 2.75) is 19.5 Å². The van der Waals surface area contributed by atoms with Gasteiger partial charge in [-0.05, 0) is 49.4 Å². The van der Waals surface area contributed by atoms with E-state index in [4.69, 9.17) is 10.2 Å².